The number of nitrogens with zero attached hydrogens (tertiary/aromatic N) is 1. The molecule has 0 aliphatic rings. The fourth-order valence-electron chi connectivity index (χ4n) is 2.86. The van der Waals surface area contributed by atoms with Gasteiger partial charge in [-0.05, 0) is 68.8 Å². The molecule has 7 heteroatoms. The Labute approximate surface area is 177 Å². The maximum Gasteiger partial charge on any atom is 0.253 e. The van der Waals surface area contributed by atoms with Crippen molar-refractivity contribution in [3.63, 3.8) is 0 Å². The van der Waals surface area contributed by atoms with Gasteiger partial charge in [0.1, 0.15) is 0 Å². The Morgan fingerprint density at radius 2 is 1.37 bits per heavy atom. The Balaban J connectivity index is 1.84. The van der Waals surface area contributed by atoms with E-state index >= 15 is 0 Å². The van der Waals surface area contributed by atoms with Crippen molar-refractivity contribution in [3.05, 3.63) is 59.7 Å². The van der Waals surface area contributed by atoms with Crippen LogP contribution in [0.5, 0.6) is 0 Å². The molecule has 0 unspecified atom stereocenters. The quantitative estimate of drug-likeness (QED) is 0.560. The number of nitrogens with one attached hydrogen (secondary N) is 3. The summed E-state index contributed by atoms with van der Waals surface area (Å²) < 4.78 is 0. The van der Waals surface area contributed by atoms with Crippen molar-refractivity contribution in [2.45, 2.75) is 27.2 Å². The van der Waals surface area contributed by atoms with Gasteiger partial charge in [-0.3, -0.25) is 14.4 Å². The molecule has 7 nitrogen and oxygen atoms in total. The van der Waals surface area contributed by atoms with Crippen LogP contribution in [0.2, 0.25) is 0 Å². The second-order valence-electron chi connectivity index (χ2n) is 6.79. The Bertz CT molecular complexity index is 844. The van der Waals surface area contributed by atoms with Crippen molar-refractivity contribution in [2.75, 3.05) is 36.8 Å². The molecule has 0 spiro atoms. The smallest absolute Gasteiger partial charge is 0.253 e. The van der Waals surface area contributed by atoms with E-state index in [0.717, 1.165) is 12.1 Å². The fourth-order valence-corrected chi connectivity index (χ4v) is 2.86. The summed E-state index contributed by atoms with van der Waals surface area (Å²) in [6.45, 7) is 7.92. The third kappa shape index (κ3) is 6.62. The molecule has 0 radical (unpaired) electrons. The maximum atomic E-state index is 12.3. The van der Waals surface area contributed by atoms with Gasteiger partial charge in [-0.2, -0.15) is 0 Å². The molecule has 0 heterocycles. The lowest BCUT2D eigenvalue weighted by Gasteiger charge is -2.18. The van der Waals surface area contributed by atoms with Crippen LogP contribution >= 0.6 is 0 Å². The number of amides is 3. The topological polar surface area (TPSA) is 90.5 Å². The molecule has 0 atom stereocenters. The van der Waals surface area contributed by atoms with Crippen LogP contribution in [0.25, 0.3) is 0 Å². The summed E-state index contributed by atoms with van der Waals surface area (Å²) in [4.78, 5) is 38.2. The van der Waals surface area contributed by atoms with Crippen LogP contribution in [-0.2, 0) is 4.79 Å². The van der Waals surface area contributed by atoms with Crippen molar-refractivity contribution in [3.8, 4) is 0 Å². The first-order valence-corrected chi connectivity index (χ1v) is 10.3. The van der Waals surface area contributed by atoms with Crippen LogP contribution in [0.15, 0.2) is 48.5 Å². The fraction of sp³-hybridized carbons (Fsp3) is 0.348. The highest BCUT2D eigenvalue weighted by atomic mass is 16.2. The largest absolute Gasteiger partial charge is 0.376 e. The van der Waals surface area contributed by atoms with E-state index in [-0.39, 0.29) is 24.3 Å². The standard InChI is InChI=1S/C23H30N4O3/c1-4-15-24-22(29)17-7-11-19(12-8-17)25-16-21(28)26-20-13-9-18(10-14-20)23(30)27(5-2)6-3/h7-14,25H,4-6,15-16H2,1-3H3,(H,24,29)(H,26,28). The summed E-state index contributed by atoms with van der Waals surface area (Å²) in [7, 11) is 0. The van der Waals surface area contributed by atoms with Crippen molar-refractivity contribution >= 4 is 29.1 Å². The lowest BCUT2D eigenvalue weighted by atomic mass is 10.1. The first-order valence-electron chi connectivity index (χ1n) is 10.3. The Morgan fingerprint density at radius 1 is 0.800 bits per heavy atom. The summed E-state index contributed by atoms with van der Waals surface area (Å²) >= 11 is 0. The predicted octanol–water partition coefficient (Wildman–Crippen LogP) is 3.36. The first kappa shape index (κ1) is 22.9. The van der Waals surface area contributed by atoms with Gasteiger partial charge >= 0.3 is 0 Å². The zero-order valence-electron chi connectivity index (χ0n) is 17.8. The van der Waals surface area contributed by atoms with Crippen LogP contribution < -0.4 is 16.0 Å². The molecule has 160 valence electrons. The second kappa shape index (κ2) is 11.6. The van der Waals surface area contributed by atoms with E-state index in [1.165, 1.54) is 0 Å². The Morgan fingerprint density at radius 3 is 1.93 bits per heavy atom. The first-order chi connectivity index (χ1) is 14.5. The minimum atomic E-state index is -0.206. The molecule has 0 fully saturated rings. The summed E-state index contributed by atoms with van der Waals surface area (Å²) in [5.74, 6) is -0.335. The van der Waals surface area contributed by atoms with E-state index < -0.39 is 0 Å². The van der Waals surface area contributed by atoms with Gasteiger partial charge in [-0.1, -0.05) is 6.92 Å². The van der Waals surface area contributed by atoms with Crippen molar-refractivity contribution < 1.29 is 14.4 Å². The molecule has 0 aliphatic carbocycles. The summed E-state index contributed by atoms with van der Waals surface area (Å²) in [6.07, 6.45) is 0.884. The van der Waals surface area contributed by atoms with Gasteiger partial charge in [-0.15, -0.1) is 0 Å². The van der Waals surface area contributed by atoms with Crippen LogP contribution in [-0.4, -0.2) is 48.8 Å². The molecule has 0 saturated heterocycles. The third-order valence-corrected chi connectivity index (χ3v) is 4.60. The number of carbonyl (C=O) groups excluding carboxylic acids is 3. The van der Waals surface area contributed by atoms with E-state index in [9.17, 15) is 14.4 Å². The lowest BCUT2D eigenvalue weighted by Crippen LogP contribution is -2.30. The molecule has 0 aliphatic heterocycles. The van der Waals surface area contributed by atoms with Gasteiger partial charge in [0.15, 0.2) is 0 Å². The summed E-state index contributed by atoms with van der Waals surface area (Å²) in [6, 6.07) is 13.8. The van der Waals surface area contributed by atoms with Crippen LogP contribution in [0.1, 0.15) is 47.9 Å². The zero-order valence-corrected chi connectivity index (χ0v) is 17.8. The number of carbonyl (C=O) groups is 3. The number of benzene rings is 2. The van der Waals surface area contributed by atoms with Gasteiger partial charge in [-0.25, -0.2) is 0 Å². The maximum absolute atomic E-state index is 12.3. The van der Waals surface area contributed by atoms with Crippen molar-refractivity contribution in [1.29, 1.82) is 0 Å². The number of hydrogen-bond donors (Lipinski definition) is 3. The summed E-state index contributed by atoms with van der Waals surface area (Å²) in [5.41, 5.74) is 2.55. The third-order valence-electron chi connectivity index (χ3n) is 4.60. The molecule has 2 aromatic rings. The van der Waals surface area contributed by atoms with Crippen LogP contribution in [0, 0.1) is 0 Å². The lowest BCUT2D eigenvalue weighted by molar-refractivity contribution is -0.114. The van der Waals surface area contributed by atoms with Gasteiger partial charge < -0.3 is 20.9 Å². The highest BCUT2D eigenvalue weighted by Gasteiger charge is 2.12. The molecule has 0 bridgehead atoms. The SMILES string of the molecule is CCCNC(=O)c1ccc(NCC(=O)Nc2ccc(C(=O)N(CC)CC)cc2)cc1. The Kier molecular flexibility index (Phi) is 8.87. The molecular formula is C23H30N4O3. The van der Waals surface area contributed by atoms with E-state index in [1.54, 1.807) is 53.4 Å². The molecule has 0 aromatic heterocycles. The molecule has 3 amide bonds. The number of hydrogen-bond acceptors (Lipinski definition) is 4. The second-order valence-corrected chi connectivity index (χ2v) is 6.79. The van der Waals surface area contributed by atoms with E-state index in [0.29, 0.717) is 36.4 Å². The zero-order chi connectivity index (χ0) is 21.9. The number of anilines is 2. The van der Waals surface area contributed by atoms with Crippen molar-refractivity contribution in [1.82, 2.24) is 10.2 Å². The van der Waals surface area contributed by atoms with Crippen molar-refractivity contribution in [2.24, 2.45) is 0 Å². The highest BCUT2D eigenvalue weighted by Crippen LogP contribution is 2.13. The molecule has 3 N–H and O–H groups in total. The average molecular weight is 411 g/mol. The Hall–Kier alpha value is -3.35. The number of rotatable bonds is 10. The minimum absolute atomic E-state index is 0.0219. The monoisotopic (exact) mass is 410 g/mol. The van der Waals surface area contributed by atoms with E-state index in [4.69, 9.17) is 0 Å². The van der Waals surface area contributed by atoms with Gasteiger partial charge in [0.2, 0.25) is 5.91 Å². The van der Waals surface area contributed by atoms with Gasteiger partial charge in [0.05, 0.1) is 6.54 Å². The van der Waals surface area contributed by atoms with Gasteiger partial charge in [0.25, 0.3) is 11.8 Å². The van der Waals surface area contributed by atoms with E-state index in [2.05, 4.69) is 16.0 Å². The highest BCUT2D eigenvalue weighted by molar-refractivity contribution is 5.97. The predicted molar refractivity (Wildman–Crippen MR) is 120 cm³/mol. The minimum Gasteiger partial charge on any atom is -0.376 e. The van der Waals surface area contributed by atoms with Gasteiger partial charge in [0, 0.05) is 42.1 Å². The molecule has 2 rings (SSSR count). The molecule has 2 aromatic carbocycles. The van der Waals surface area contributed by atoms with E-state index in [1.807, 2.05) is 20.8 Å². The average Bonchev–Trinajstić information content (AvgIpc) is 2.77. The molecule has 0 saturated carbocycles. The normalized spacial score (nSPS) is 10.2. The summed E-state index contributed by atoms with van der Waals surface area (Å²) in [5, 5.41) is 8.65. The van der Waals surface area contributed by atoms with Crippen LogP contribution in [0.3, 0.4) is 0 Å². The molecular weight excluding hydrogens is 380 g/mol. The van der Waals surface area contributed by atoms with Crippen LogP contribution in [0.4, 0.5) is 11.4 Å². The molecule has 30 heavy (non-hydrogen) atoms.